The Hall–Kier alpha value is -1.78. The maximum Gasteiger partial charge on any atom is 0.268 e. The number of carbonyl (C=O) groups excluding carboxylic acids is 1. The summed E-state index contributed by atoms with van der Waals surface area (Å²) in [7, 11) is 1.66. The lowest BCUT2D eigenvalue weighted by Gasteiger charge is -2.28. The van der Waals surface area contributed by atoms with Crippen molar-refractivity contribution in [2.24, 2.45) is 0 Å². The first-order valence-electron chi connectivity index (χ1n) is 4.30. The van der Waals surface area contributed by atoms with Gasteiger partial charge in [-0.05, 0) is 19.1 Å². The zero-order chi connectivity index (χ0) is 10.3. The summed E-state index contributed by atoms with van der Waals surface area (Å²) in [5, 5.41) is 0. The van der Waals surface area contributed by atoms with Gasteiger partial charge in [0.2, 0.25) is 0 Å². The van der Waals surface area contributed by atoms with Gasteiger partial charge in [0.25, 0.3) is 5.91 Å². The maximum atomic E-state index is 11.5. The van der Waals surface area contributed by atoms with E-state index in [1.54, 1.807) is 26.1 Å². The van der Waals surface area contributed by atoms with Crippen molar-refractivity contribution in [3.63, 3.8) is 0 Å². The quantitative estimate of drug-likeness (QED) is 0.647. The predicted molar refractivity (Wildman–Crippen MR) is 52.1 cm³/mol. The highest BCUT2D eigenvalue weighted by Gasteiger charge is 2.29. The number of ether oxygens (including phenoxy) is 1. The fraction of sp³-hybridized carbons (Fsp3) is 0.333. The van der Waals surface area contributed by atoms with Crippen LogP contribution in [-0.4, -0.2) is 24.0 Å². The van der Waals surface area contributed by atoms with Gasteiger partial charge in [-0.3, -0.25) is 9.69 Å². The Morgan fingerprint density at radius 1 is 1.57 bits per heavy atom. The highest BCUT2D eigenvalue weighted by atomic mass is 16.5. The van der Waals surface area contributed by atoms with Gasteiger partial charge in [-0.1, -0.05) is 0 Å². The van der Waals surface area contributed by atoms with Crippen LogP contribution in [0.15, 0.2) is 12.1 Å². The molecule has 1 aromatic rings. The smallest absolute Gasteiger partial charge is 0.268 e. The van der Waals surface area contributed by atoms with Crippen molar-refractivity contribution in [1.29, 1.82) is 0 Å². The summed E-state index contributed by atoms with van der Waals surface area (Å²) in [6.07, 6.45) is -0.460. The zero-order valence-electron chi connectivity index (χ0n) is 8.02. The summed E-state index contributed by atoms with van der Waals surface area (Å²) in [4.78, 5) is 17.0. The van der Waals surface area contributed by atoms with Crippen molar-refractivity contribution >= 4 is 17.5 Å². The molecule has 74 valence electrons. The monoisotopic (exact) mass is 193 g/mol. The highest BCUT2D eigenvalue weighted by molar-refractivity contribution is 5.98. The third-order valence-corrected chi connectivity index (χ3v) is 2.16. The van der Waals surface area contributed by atoms with Crippen molar-refractivity contribution in [1.82, 2.24) is 4.98 Å². The van der Waals surface area contributed by atoms with Gasteiger partial charge in [-0.25, -0.2) is 4.98 Å². The number of carbonyl (C=O) groups is 1. The summed E-state index contributed by atoms with van der Waals surface area (Å²) in [5.74, 6) is 1.33. The number of amides is 1. The molecule has 2 heterocycles. The Kier molecular flexibility index (Phi) is 1.80. The minimum atomic E-state index is -0.460. The van der Waals surface area contributed by atoms with Crippen LogP contribution in [0.2, 0.25) is 0 Å². The molecule has 5 nitrogen and oxygen atoms in total. The van der Waals surface area contributed by atoms with E-state index in [1.165, 1.54) is 4.90 Å². The first-order valence-corrected chi connectivity index (χ1v) is 4.30. The fourth-order valence-electron chi connectivity index (χ4n) is 1.40. The SMILES string of the molecule is CC1Oc2ccc(N)nc2N(C)C1=O. The number of nitrogen functional groups attached to an aromatic ring is 1. The van der Waals surface area contributed by atoms with Gasteiger partial charge in [0.1, 0.15) is 5.82 Å². The van der Waals surface area contributed by atoms with Crippen molar-refractivity contribution in [2.45, 2.75) is 13.0 Å². The second kappa shape index (κ2) is 2.87. The number of aromatic nitrogens is 1. The molecule has 1 unspecified atom stereocenters. The van der Waals surface area contributed by atoms with Crippen LogP contribution in [0.4, 0.5) is 11.6 Å². The molecule has 0 aromatic carbocycles. The molecule has 1 amide bonds. The van der Waals surface area contributed by atoms with E-state index in [0.29, 0.717) is 17.4 Å². The number of nitrogens with zero attached hydrogens (tertiary/aromatic N) is 2. The van der Waals surface area contributed by atoms with Crippen LogP contribution in [0.25, 0.3) is 0 Å². The lowest BCUT2D eigenvalue weighted by atomic mass is 10.2. The highest BCUT2D eigenvalue weighted by Crippen LogP contribution is 2.31. The maximum absolute atomic E-state index is 11.5. The largest absolute Gasteiger partial charge is 0.477 e. The Morgan fingerprint density at radius 3 is 3.00 bits per heavy atom. The van der Waals surface area contributed by atoms with Gasteiger partial charge in [0.05, 0.1) is 0 Å². The van der Waals surface area contributed by atoms with E-state index in [1.807, 2.05) is 0 Å². The minimum Gasteiger partial charge on any atom is -0.477 e. The second-order valence-corrected chi connectivity index (χ2v) is 3.22. The second-order valence-electron chi connectivity index (χ2n) is 3.22. The minimum absolute atomic E-state index is 0.115. The number of hydrogen-bond acceptors (Lipinski definition) is 4. The van der Waals surface area contributed by atoms with Crippen LogP contribution in [0, 0.1) is 0 Å². The van der Waals surface area contributed by atoms with E-state index >= 15 is 0 Å². The number of pyridine rings is 1. The molecule has 1 aliphatic heterocycles. The Balaban J connectivity index is 2.51. The van der Waals surface area contributed by atoms with E-state index in [9.17, 15) is 4.79 Å². The van der Waals surface area contributed by atoms with Crippen LogP contribution in [0.3, 0.4) is 0 Å². The van der Waals surface area contributed by atoms with Gasteiger partial charge in [-0.2, -0.15) is 0 Å². The van der Waals surface area contributed by atoms with E-state index in [-0.39, 0.29) is 5.91 Å². The molecule has 1 aromatic heterocycles. The predicted octanol–water partition coefficient (Wildman–Crippen LogP) is 0.407. The Bertz CT molecular complexity index is 392. The van der Waals surface area contributed by atoms with E-state index < -0.39 is 6.10 Å². The summed E-state index contributed by atoms with van der Waals surface area (Å²) >= 11 is 0. The van der Waals surface area contributed by atoms with Crippen molar-refractivity contribution < 1.29 is 9.53 Å². The summed E-state index contributed by atoms with van der Waals surface area (Å²) in [6.45, 7) is 1.71. The molecule has 14 heavy (non-hydrogen) atoms. The van der Waals surface area contributed by atoms with Gasteiger partial charge in [-0.15, -0.1) is 0 Å². The lowest BCUT2D eigenvalue weighted by Crippen LogP contribution is -2.42. The molecule has 0 bridgehead atoms. The van der Waals surface area contributed by atoms with Crippen molar-refractivity contribution in [3.05, 3.63) is 12.1 Å². The van der Waals surface area contributed by atoms with E-state index in [2.05, 4.69) is 4.98 Å². The Labute approximate surface area is 81.5 Å². The first kappa shape index (κ1) is 8.80. The molecule has 0 saturated carbocycles. The normalized spacial score (nSPS) is 20.3. The van der Waals surface area contributed by atoms with Crippen LogP contribution in [0.1, 0.15) is 6.92 Å². The number of likely N-dealkylation sites (N-methyl/N-ethyl adjacent to an activating group) is 1. The fourth-order valence-corrected chi connectivity index (χ4v) is 1.40. The van der Waals surface area contributed by atoms with E-state index in [0.717, 1.165) is 0 Å². The zero-order valence-corrected chi connectivity index (χ0v) is 8.02. The number of fused-ring (bicyclic) bond motifs is 1. The van der Waals surface area contributed by atoms with Crippen molar-refractivity contribution in [2.75, 3.05) is 17.7 Å². The van der Waals surface area contributed by atoms with Crippen LogP contribution < -0.4 is 15.4 Å². The standard InChI is InChI=1S/C9H11N3O2/c1-5-9(13)12(2)8-6(14-5)3-4-7(10)11-8/h3-5H,1-2H3,(H2,10,11). The third-order valence-electron chi connectivity index (χ3n) is 2.16. The number of rotatable bonds is 0. The molecule has 0 radical (unpaired) electrons. The van der Waals surface area contributed by atoms with Crippen molar-refractivity contribution in [3.8, 4) is 5.75 Å². The molecule has 5 heteroatoms. The van der Waals surface area contributed by atoms with E-state index in [4.69, 9.17) is 10.5 Å². The molecule has 2 N–H and O–H groups in total. The molecular formula is C9H11N3O2. The van der Waals surface area contributed by atoms with Gasteiger partial charge < -0.3 is 10.5 Å². The molecule has 0 fully saturated rings. The molecule has 2 rings (SSSR count). The topological polar surface area (TPSA) is 68.5 Å². The Morgan fingerprint density at radius 2 is 2.29 bits per heavy atom. The number of nitrogens with two attached hydrogens (primary N) is 1. The van der Waals surface area contributed by atoms with Gasteiger partial charge in [0.15, 0.2) is 17.7 Å². The summed E-state index contributed by atoms with van der Waals surface area (Å²) in [5.41, 5.74) is 5.52. The van der Waals surface area contributed by atoms with Crippen LogP contribution in [0.5, 0.6) is 5.75 Å². The van der Waals surface area contributed by atoms with Crippen LogP contribution in [-0.2, 0) is 4.79 Å². The molecule has 0 aliphatic carbocycles. The average molecular weight is 193 g/mol. The van der Waals surface area contributed by atoms with Gasteiger partial charge in [0, 0.05) is 7.05 Å². The molecular weight excluding hydrogens is 182 g/mol. The first-order chi connectivity index (χ1) is 6.59. The third kappa shape index (κ3) is 1.17. The summed E-state index contributed by atoms with van der Waals surface area (Å²) < 4.78 is 5.36. The van der Waals surface area contributed by atoms with Gasteiger partial charge >= 0.3 is 0 Å². The number of hydrogen-bond donors (Lipinski definition) is 1. The molecule has 0 spiro atoms. The lowest BCUT2D eigenvalue weighted by molar-refractivity contribution is -0.125. The molecule has 1 atom stereocenters. The summed E-state index contributed by atoms with van der Waals surface area (Å²) in [6, 6.07) is 3.37. The molecule has 1 aliphatic rings. The average Bonchev–Trinajstić information content (AvgIpc) is 2.16. The number of anilines is 2. The molecule has 0 saturated heterocycles. The van der Waals surface area contributed by atoms with Crippen LogP contribution >= 0.6 is 0 Å².